The highest BCUT2D eigenvalue weighted by Crippen LogP contribution is 2.26. The summed E-state index contributed by atoms with van der Waals surface area (Å²) in [6.07, 6.45) is 0. The summed E-state index contributed by atoms with van der Waals surface area (Å²) in [6, 6.07) is 3.04. The molecule has 0 saturated carbocycles. The maximum atomic E-state index is 12.1. The molecular formula is C16H21N5O4+2. The second-order valence-electron chi connectivity index (χ2n) is 6.24. The highest BCUT2D eigenvalue weighted by atomic mass is 16.6. The second kappa shape index (κ2) is 6.32. The molecule has 0 unspecified atom stereocenters. The predicted molar refractivity (Wildman–Crippen MR) is 91.0 cm³/mol. The molecule has 1 aromatic carbocycles. The first-order valence-electron chi connectivity index (χ1n) is 8.20. The van der Waals surface area contributed by atoms with Crippen LogP contribution in [0.1, 0.15) is 6.92 Å². The van der Waals surface area contributed by atoms with E-state index in [0.29, 0.717) is 29.5 Å². The summed E-state index contributed by atoms with van der Waals surface area (Å²) < 4.78 is 2.43. The van der Waals surface area contributed by atoms with E-state index in [1.165, 1.54) is 29.3 Å². The molecule has 0 N–H and O–H groups in total. The first-order chi connectivity index (χ1) is 11.8. The van der Waals surface area contributed by atoms with Crippen molar-refractivity contribution in [2.45, 2.75) is 6.92 Å². The van der Waals surface area contributed by atoms with Gasteiger partial charge in [0.15, 0.2) is 0 Å². The van der Waals surface area contributed by atoms with Gasteiger partial charge in [-0.3, -0.25) is 10.1 Å². The van der Waals surface area contributed by atoms with E-state index in [4.69, 9.17) is 0 Å². The van der Waals surface area contributed by atoms with E-state index in [2.05, 4.69) is 11.8 Å². The fourth-order valence-electron chi connectivity index (χ4n) is 3.30. The third-order valence-electron chi connectivity index (χ3n) is 4.94. The molecule has 132 valence electrons. The first-order valence-corrected chi connectivity index (χ1v) is 8.20. The molecule has 1 saturated heterocycles. The number of benzene rings is 1. The number of likely N-dealkylation sites (N-methyl/N-ethyl adjacent to an activating group) is 3. The van der Waals surface area contributed by atoms with Crippen molar-refractivity contribution >= 4 is 23.2 Å². The molecule has 25 heavy (non-hydrogen) atoms. The zero-order chi connectivity index (χ0) is 18.3. The topological polar surface area (TPSA) is 89.8 Å². The van der Waals surface area contributed by atoms with Gasteiger partial charge in [0.05, 0.1) is 11.0 Å². The van der Waals surface area contributed by atoms with Crippen LogP contribution in [0.5, 0.6) is 0 Å². The minimum atomic E-state index is -0.700. The Morgan fingerprint density at radius 2 is 1.56 bits per heavy atom. The number of amides is 2. The number of carbonyl (C=O) groups excluding carboxylic acids is 2. The Hall–Kier alpha value is -2.68. The maximum absolute atomic E-state index is 12.1. The van der Waals surface area contributed by atoms with E-state index in [-0.39, 0.29) is 5.69 Å². The van der Waals surface area contributed by atoms with Crippen molar-refractivity contribution in [1.82, 2.24) is 14.1 Å². The first kappa shape index (κ1) is 17.2. The molecule has 2 aliphatic heterocycles. The smallest absolute Gasteiger partial charge is 0.363 e. The van der Waals surface area contributed by atoms with E-state index >= 15 is 0 Å². The van der Waals surface area contributed by atoms with Crippen molar-refractivity contribution in [3.8, 4) is 0 Å². The molecule has 2 heterocycles. The van der Waals surface area contributed by atoms with Crippen LogP contribution in [0.4, 0.5) is 11.4 Å². The van der Waals surface area contributed by atoms with Crippen LogP contribution >= 0.6 is 0 Å². The van der Waals surface area contributed by atoms with Crippen LogP contribution < -0.4 is 24.8 Å². The van der Waals surface area contributed by atoms with Crippen LogP contribution in [0.2, 0.25) is 0 Å². The lowest BCUT2D eigenvalue weighted by atomic mass is 10.1. The molecule has 0 aromatic heterocycles. The second-order valence-corrected chi connectivity index (χ2v) is 6.24. The Kier molecular flexibility index (Phi) is 4.34. The molecule has 2 aliphatic rings. The number of hydrogen-bond donors (Lipinski definition) is 0. The van der Waals surface area contributed by atoms with Gasteiger partial charge in [-0.2, -0.15) is 0 Å². The summed E-state index contributed by atoms with van der Waals surface area (Å²) in [5.74, 6) is -1.35. The molecule has 1 aromatic rings. The maximum Gasteiger partial charge on any atom is 0.528 e. The van der Waals surface area contributed by atoms with Gasteiger partial charge in [0.25, 0.3) is 16.4 Å². The van der Waals surface area contributed by atoms with E-state index in [1.54, 1.807) is 6.07 Å². The van der Waals surface area contributed by atoms with Gasteiger partial charge < -0.3 is 9.80 Å². The Morgan fingerprint density at radius 1 is 1.04 bits per heavy atom. The van der Waals surface area contributed by atoms with Crippen LogP contribution in [-0.2, 0) is 9.59 Å². The summed E-state index contributed by atoms with van der Waals surface area (Å²) in [5.41, 5.74) is 0.438. The number of carbonyl (C=O) groups is 2. The van der Waals surface area contributed by atoms with Crippen molar-refractivity contribution in [3.63, 3.8) is 0 Å². The van der Waals surface area contributed by atoms with Crippen LogP contribution in [0.15, 0.2) is 12.1 Å². The third kappa shape index (κ3) is 2.80. The zero-order valence-electron chi connectivity index (χ0n) is 14.6. The minimum Gasteiger partial charge on any atom is -0.363 e. The van der Waals surface area contributed by atoms with Gasteiger partial charge in [-0.1, -0.05) is 6.92 Å². The Labute approximate surface area is 144 Å². The number of hydrogen-bond acceptors (Lipinski definition) is 6. The van der Waals surface area contributed by atoms with E-state index in [0.717, 1.165) is 19.6 Å². The van der Waals surface area contributed by atoms with Crippen molar-refractivity contribution in [3.05, 3.63) is 33.0 Å². The molecule has 1 fully saturated rings. The summed E-state index contributed by atoms with van der Waals surface area (Å²) in [5, 5.41) is 12.5. The van der Waals surface area contributed by atoms with Gasteiger partial charge in [0.1, 0.15) is 19.8 Å². The van der Waals surface area contributed by atoms with Crippen molar-refractivity contribution < 1.29 is 14.5 Å². The number of piperazine rings is 1. The lowest BCUT2D eigenvalue weighted by Crippen LogP contribution is -2.58. The molecule has 0 radical (unpaired) electrons. The van der Waals surface area contributed by atoms with Gasteiger partial charge in [-0.25, -0.2) is 9.59 Å². The fraction of sp³-hybridized carbons (Fsp3) is 0.500. The van der Waals surface area contributed by atoms with Crippen LogP contribution in [-0.4, -0.2) is 68.5 Å². The Morgan fingerprint density at radius 3 is 2.04 bits per heavy atom. The molecule has 0 spiro atoms. The molecule has 0 aliphatic carbocycles. The number of rotatable bonds is 3. The molecule has 9 heteroatoms. The summed E-state index contributed by atoms with van der Waals surface area (Å²) in [6.45, 7) is 6.06. The Balaban J connectivity index is 2.20. The SMILES string of the molecule is CCN1CCN(c2cc3c(cc2[N+](=O)[O-])=[N+](C)C(=O)C(=O)[N+]=3C)CC1. The monoisotopic (exact) mass is 347 g/mol. The summed E-state index contributed by atoms with van der Waals surface area (Å²) in [7, 11) is 2.96. The molecule has 2 amide bonds. The van der Waals surface area contributed by atoms with Gasteiger partial charge in [-0.15, -0.1) is 9.15 Å². The molecule has 9 nitrogen and oxygen atoms in total. The Bertz CT molecular complexity index is 900. The van der Waals surface area contributed by atoms with Crippen molar-refractivity contribution in [2.75, 3.05) is 51.7 Å². The van der Waals surface area contributed by atoms with Crippen LogP contribution in [0, 0.1) is 10.1 Å². The van der Waals surface area contributed by atoms with Crippen LogP contribution in [0.25, 0.3) is 0 Å². The predicted octanol–water partition coefficient (Wildman–Crippen LogP) is -1.95. The lowest BCUT2D eigenvalue weighted by molar-refractivity contribution is -0.384. The fourth-order valence-corrected chi connectivity index (χ4v) is 3.30. The zero-order valence-corrected chi connectivity index (χ0v) is 14.6. The number of nitro groups is 1. The number of anilines is 1. The molecule has 0 bridgehead atoms. The standard InChI is InChI=1S/C16H21N5O4/c1-4-19-5-7-20(8-6-19)13-9-11-12(10-14(13)21(24)25)18(3)16(23)15(22)17(11)2/h9-10H,4-8H2,1-3H3/q+2. The van der Waals surface area contributed by atoms with E-state index in [1.807, 2.05) is 4.90 Å². The summed E-state index contributed by atoms with van der Waals surface area (Å²) in [4.78, 5) is 39.5. The number of fused-ring (bicyclic) bond motifs is 1. The highest BCUT2D eigenvalue weighted by Gasteiger charge is 2.40. The minimum absolute atomic E-state index is 0.0499. The van der Waals surface area contributed by atoms with E-state index in [9.17, 15) is 19.7 Å². The van der Waals surface area contributed by atoms with E-state index < -0.39 is 16.7 Å². The van der Waals surface area contributed by atoms with Gasteiger partial charge >= 0.3 is 11.8 Å². The summed E-state index contributed by atoms with van der Waals surface area (Å²) >= 11 is 0. The van der Waals surface area contributed by atoms with Crippen molar-refractivity contribution in [2.24, 2.45) is 0 Å². The van der Waals surface area contributed by atoms with Gasteiger partial charge in [0.2, 0.25) is 0 Å². The third-order valence-corrected chi connectivity index (χ3v) is 4.94. The normalized spacial score (nSPS) is 18.6. The lowest BCUT2D eigenvalue weighted by Gasteiger charge is -2.34. The van der Waals surface area contributed by atoms with Crippen molar-refractivity contribution in [1.29, 1.82) is 0 Å². The highest BCUT2D eigenvalue weighted by molar-refractivity contribution is 6.36. The largest absolute Gasteiger partial charge is 0.528 e. The molecule has 0 atom stereocenters. The number of nitrogens with zero attached hydrogens (tertiary/aromatic N) is 5. The van der Waals surface area contributed by atoms with Crippen LogP contribution in [0.3, 0.4) is 0 Å². The van der Waals surface area contributed by atoms with Gasteiger partial charge in [0, 0.05) is 32.2 Å². The average Bonchev–Trinajstić information content (AvgIpc) is 2.63. The average molecular weight is 347 g/mol. The molecule has 3 rings (SSSR count). The quantitative estimate of drug-likeness (QED) is 0.273. The number of nitro benzene ring substituents is 1. The molecular weight excluding hydrogens is 326 g/mol. The van der Waals surface area contributed by atoms with Gasteiger partial charge in [-0.05, 0) is 6.54 Å².